The van der Waals surface area contributed by atoms with Crippen molar-refractivity contribution in [3.05, 3.63) is 0 Å². The molecule has 0 aromatic heterocycles. The van der Waals surface area contributed by atoms with Crippen LogP contribution in [0.2, 0.25) is 0 Å². The molecule has 0 saturated heterocycles. The summed E-state index contributed by atoms with van der Waals surface area (Å²) in [6.45, 7) is 4.59. The van der Waals surface area contributed by atoms with Gasteiger partial charge < -0.3 is 6.15 Å². The van der Waals surface area contributed by atoms with Crippen molar-refractivity contribution in [3.8, 4) is 0 Å². The van der Waals surface area contributed by atoms with Crippen molar-refractivity contribution in [1.82, 2.24) is 6.15 Å². The van der Waals surface area contributed by atoms with Crippen molar-refractivity contribution < 1.29 is 0 Å². The van der Waals surface area contributed by atoms with Gasteiger partial charge in [-0.05, 0) is 0 Å². The molecular formula is C20H45N. The van der Waals surface area contributed by atoms with Crippen molar-refractivity contribution in [2.75, 3.05) is 0 Å². The molecule has 1 nitrogen and oxygen atoms in total. The number of unbranched alkanes of at least 4 members (excludes halogenated alkanes) is 17. The fourth-order valence-corrected chi connectivity index (χ4v) is 2.97. The molecule has 0 aliphatic rings. The second-order valence-corrected chi connectivity index (χ2v) is 6.66. The van der Waals surface area contributed by atoms with Crippen molar-refractivity contribution in [3.63, 3.8) is 0 Å². The molecule has 0 bridgehead atoms. The Balaban J connectivity index is 0. The van der Waals surface area contributed by atoms with Gasteiger partial charge in [0.15, 0.2) is 0 Å². The van der Waals surface area contributed by atoms with Gasteiger partial charge in [-0.3, -0.25) is 0 Å². The maximum absolute atomic E-state index is 2.30. The van der Waals surface area contributed by atoms with Crippen LogP contribution in [0.4, 0.5) is 0 Å². The van der Waals surface area contributed by atoms with E-state index < -0.39 is 0 Å². The highest BCUT2D eigenvalue weighted by Gasteiger charge is 1.94. The summed E-state index contributed by atoms with van der Waals surface area (Å²) in [6.07, 6.45) is 26.4. The zero-order valence-corrected chi connectivity index (χ0v) is 15.4. The fourth-order valence-electron chi connectivity index (χ4n) is 2.97. The molecule has 0 heterocycles. The third-order valence-electron chi connectivity index (χ3n) is 4.46. The molecule has 0 fully saturated rings. The first kappa shape index (κ1) is 23.2. The first-order chi connectivity index (χ1) is 9.91. The summed E-state index contributed by atoms with van der Waals surface area (Å²) in [7, 11) is 0. The van der Waals surface area contributed by atoms with E-state index >= 15 is 0 Å². The molecule has 21 heavy (non-hydrogen) atoms. The molecule has 0 saturated carbocycles. The predicted molar refractivity (Wildman–Crippen MR) is 99.5 cm³/mol. The average Bonchev–Trinajstić information content (AvgIpc) is 2.47. The minimum atomic E-state index is 0. The Morgan fingerprint density at radius 2 is 0.429 bits per heavy atom. The monoisotopic (exact) mass is 299 g/mol. The highest BCUT2D eigenvalue weighted by Crippen LogP contribution is 2.14. The topological polar surface area (TPSA) is 35.0 Å². The van der Waals surface area contributed by atoms with E-state index in [0.717, 1.165) is 0 Å². The van der Waals surface area contributed by atoms with Gasteiger partial charge in [0, 0.05) is 0 Å². The molecule has 1 heteroatoms. The molecule has 0 amide bonds. The Labute approximate surface area is 136 Å². The van der Waals surface area contributed by atoms with Gasteiger partial charge in [0.1, 0.15) is 0 Å². The molecule has 3 N–H and O–H groups in total. The normalized spacial score (nSPS) is 10.6. The van der Waals surface area contributed by atoms with Crippen LogP contribution in [0.25, 0.3) is 0 Å². The van der Waals surface area contributed by atoms with E-state index in [1.165, 1.54) is 116 Å². The van der Waals surface area contributed by atoms with Gasteiger partial charge in [-0.15, -0.1) is 0 Å². The summed E-state index contributed by atoms with van der Waals surface area (Å²) in [5.74, 6) is 0. The van der Waals surface area contributed by atoms with E-state index in [1.54, 1.807) is 0 Å². The van der Waals surface area contributed by atoms with Gasteiger partial charge in [-0.25, -0.2) is 0 Å². The largest absolute Gasteiger partial charge is 0.344 e. The van der Waals surface area contributed by atoms with E-state index in [4.69, 9.17) is 0 Å². The van der Waals surface area contributed by atoms with Crippen molar-refractivity contribution in [1.29, 1.82) is 0 Å². The maximum atomic E-state index is 2.30. The zero-order valence-electron chi connectivity index (χ0n) is 15.4. The van der Waals surface area contributed by atoms with E-state index in [-0.39, 0.29) is 6.15 Å². The van der Waals surface area contributed by atoms with Crippen LogP contribution in [-0.4, -0.2) is 0 Å². The summed E-state index contributed by atoms with van der Waals surface area (Å²) >= 11 is 0. The molecule has 0 unspecified atom stereocenters. The molecule has 0 aromatic rings. The van der Waals surface area contributed by atoms with Gasteiger partial charge in [-0.2, -0.15) is 0 Å². The minimum absolute atomic E-state index is 0. The fraction of sp³-hybridized carbons (Fsp3) is 1.00. The van der Waals surface area contributed by atoms with E-state index in [0.29, 0.717) is 0 Å². The molecule has 0 aromatic carbocycles. The molecule has 0 aliphatic heterocycles. The van der Waals surface area contributed by atoms with Gasteiger partial charge in [-0.1, -0.05) is 129 Å². The van der Waals surface area contributed by atoms with Crippen LogP contribution in [0.3, 0.4) is 0 Å². The molecule has 0 rings (SSSR count). The Bertz CT molecular complexity index is 138. The lowest BCUT2D eigenvalue weighted by atomic mass is 10.0. The third-order valence-corrected chi connectivity index (χ3v) is 4.46. The van der Waals surface area contributed by atoms with Gasteiger partial charge in [0.05, 0.1) is 0 Å². The summed E-state index contributed by atoms with van der Waals surface area (Å²) in [6, 6.07) is 0. The first-order valence-electron chi connectivity index (χ1n) is 9.91. The third kappa shape index (κ3) is 22.4. The van der Waals surface area contributed by atoms with Crippen LogP contribution in [-0.2, 0) is 0 Å². The lowest BCUT2D eigenvalue weighted by molar-refractivity contribution is 0.526. The lowest BCUT2D eigenvalue weighted by Crippen LogP contribution is -1.83. The molecule has 0 atom stereocenters. The number of hydrogen-bond donors (Lipinski definition) is 1. The Hall–Kier alpha value is -0.0400. The zero-order chi connectivity index (χ0) is 14.7. The highest BCUT2D eigenvalue weighted by molar-refractivity contribution is 4.49. The Kier molecular flexibility index (Phi) is 24.6. The second kappa shape index (κ2) is 22.2. The van der Waals surface area contributed by atoms with E-state index in [2.05, 4.69) is 13.8 Å². The van der Waals surface area contributed by atoms with Gasteiger partial charge >= 0.3 is 0 Å². The molecule has 130 valence electrons. The summed E-state index contributed by atoms with van der Waals surface area (Å²) in [5.41, 5.74) is 0. The van der Waals surface area contributed by atoms with Crippen molar-refractivity contribution in [2.45, 2.75) is 129 Å². The van der Waals surface area contributed by atoms with E-state index in [1.807, 2.05) is 0 Å². The Morgan fingerprint density at radius 3 is 0.571 bits per heavy atom. The van der Waals surface area contributed by atoms with Gasteiger partial charge in [0.25, 0.3) is 0 Å². The van der Waals surface area contributed by atoms with Crippen molar-refractivity contribution in [2.24, 2.45) is 0 Å². The lowest BCUT2D eigenvalue weighted by Gasteiger charge is -2.03. The molecule has 0 aliphatic carbocycles. The number of rotatable bonds is 17. The summed E-state index contributed by atoms with van der Waals surface area (Å²) < 4.78 is 0. The van der Waals surface area contributed by atoms with Crippen LogP contribution in [0, 0.1) is 0 Å². The molecule has 0 radical (unpaired) electrons. The maximum Gasteiger partial charge on any atom is -0.0533 e. The first-order valence-corrected chi connectivity index (χ1v) is 9.91. The van der Waals surface area contributed by atoms with Crippen LogP contribution in [0.1, 0.15) is 129 Å². The van der Waals surface area contributed by atoms with Crippen LogP contribution in [0.5, 0.6) is 0 Å². The van der Waals surface area contributed by atoms with Crippen LogP contribution >= 0.6 is 0 Å². The molecule has 0 spiro atoms. The summed E-state index contributed by atoms with van der Waals surface area (Å²) in [5, 5.41) is 0. The summed E-state index contributed by atoms with van der Waals surface area (Å²) in [4.78, 5) is 0. The predicted octanol–water partition coefficient (Wildman–Crippen LogP) is 8.21. The highest BCUT2D eigenvalue weighted by atomic mass is 14.0. The van der Waals surface area contributed by atoms with Crippen molar-refractivity contribution >= 4 is 0 Å². The van der Waals surface area contributed by atoms with Crippen LogP contribution < -0.4 is 6.15 Å². The quantitative estimate of drug-likeness (QED) is 0.270. The molecular weight excluding hydrogens is 254 g/mol. The Morgan fingerprint density at radius 1 is 0.286 bits per heavy atom. The second-order valence-electron chi connectivity index (χ2n) is 6.66. The minimum Gasteiger partial charge on any atom is -0.344 e. The van der Waals surface area contributed by atoms with Gasteiger partial charge in [0.2, 0.25) is 0 Å². The smallest absolute Gasteiger partial charge is 0.0533 e. The SMILES string of the molecule is CCCCCCCCCCCCCCCCCCCC.N. The van der Waals surface area contributed by atoms with Crippen LogP contribution in [0.15, 0.2) is 0 Å². The average molecular weight is 300 g/mol. The number of hydrogen-bond acceptors (Lipinski definition) is 1. The standard InChI is InChI=1S/C20H42.H3N/c1-3-5-7-9-11-13-15-17-19-20-18-16-14-12-10-8-6-4-2;/h3-20H2,1-2H3;1H3. The van der Waals surface area contributed by atoms with E-state index in [9.17, 15) is 0 Å².